The van der Waals surface area contributed by atoms with Crippen LogP contribution in [0.1, 0.15) is 12.0 Å². The Hall–Kier alpha value is -0.910. The molecule has 1 aromatic rings. The van der Waals surface area contributed by atoms with Crippen molar-refractivity contribution in [1.29, 1.82) is 0 Å². The van der Waals surface area contributed by atoms with E-state index in [0.717, 1.165) is 43.7 Å². The number of carbonyl (C=O) groups excluding carboxylic acids is 1. The van der Waals surface area contributed by atoms with Crippen molar-refractivity contribution in [2.75, 3.05) is 39.8 Å². The van der Waals surface area contributed by atoms with Crippen molar-refractivity contribution in [3.8, 4) is 0 Å². The fourth-order valence-electron chi connectivity index (χ4n) is 2.37. The third kappa shape index (κ3) is 4.89. The van der Waals surface area contributed by atoms with Crippen LogP contribution in [0.5, 0.6) is 0 Å². The second kappa shape index (κ2) is 7.76. The van der Waals surface area contributed by atoms with E-state index in [0.29, 0.717) is 6.42 Å². The van der Waals surface area contributed by atoms with E-state index in [4.69, 9.17) is 0 Å². The summed E-state index contributed by atoms with van der Waals surface area (Å²) in [6.07, 6.45) is 0.489. The molecule has 0 aromatic heterocycles. The molecule has 0 amide bonds. The number of hydrogen-bond donors (Lipinski definition) is 0. The summed E-state index contributed by atoms with van der Waals surface area (Å²) in [5.41, 5.74) is 1.34. The summed E-state index contributed by atoms with van der Waals surface area (Å²) in [5, 5.41) is 0. The Bertz CT molecular complexity index is 428. The maximum absolute atomic E-state index is 11.1. The molecule has 0 radical (unpaired) electrons. The lowest BCUT2D eigenvalue weighted by Crippen LogP contribution is -2.46. The van der Waals surface area contributed by atoms with Gasteiger partial charge in [0.25, 0.3) is 0 Å². The highest BCUT2D eigenvalue weighted by molar-refractivity contribution is 9.10. The van der Waals surface area contributed by atoms with Gasteiger partial charge in [-0.1, -0.05) is 28.1 Å². The maximum atomic E-state index is 11.1. The number of esters is 1. The van der Waals surface area contributed by atoms with E-state index in [1.165, 1.54) is 12.7 Å². The fourth-order valence-corrected chi connectivity index (χ4v) is 2.63. The van der Waals surface area contributed by atoms with Gasteiger partial charge < -0.3 is 9.64 Å². The SMILES string of the molecule is COC(=O)CCN1CCN(Cc2ccc(Br)cc2)CC1. The average molecular weight is 341 g/mol. The van der Waals surface area contributed by atoms with E-state index in [2.05, 4.69) is 54.7 Å². The summed E-state index contributed by atoms with van der Waals surface area (Å²) < 4.78 is 5.79. The van der Waals surface area contributed by atoms with Gasteiger partial charge in [-0.2, -0.15) is 0 Å². The van der Waals surface area contributed by atoms with Crippen molar-refractivity contribution in [2.45, 2.75) is 13.0 Å². The Labute approximate surface area is 128 Å². The Kier molecular flexibility index (Phi) is 6.01. The molecule has 1 heterocycles. The first kappa shape index (κ1) is 15.5. The van der Waals surface area contributed by atoms with E-state index < -0.39 is 0 Å². The molecular formula is C15H21BrN2O2. The van der Waals surface area contributed by atoms with Gasteiger partial charge in [-0.3, -0.25) is 9.69 Å². The van der Waals surface area contributed by atoms with Crippen LogP contribution in [0.2, 0.25) is 0 Å². The molecule has 20 heavy (non-hydrogen) atoms. The highest BCUT2D eigenvalue weighted by atomic mass is 79.9. The number of ether oxygens (including phenoxy) is 1. The third-order valence-electron chi connectivity index (χ3n) is 3.64. The number of carbonyl (C=O) groups is 1. The average Bonchev–Trinajstić information content (AvgIpc) is 2.48. The molecule has 0 unspecified atom stereocenters. The number of rotatable bonds is 5. The van der Waals surface area contributed by atoms with Crippen LogP contribution in [0.15, 0.2) is 28.7 Å². The van der Waals surface area contributed by atoms with Crippen LogP contribution in [0.3, 0.4) is 0 Å². The predicted octanol–water partition coefficient (Wildman–Crippen LogP) is 2.13. The summed E-state index contributed by atoms with van der Waals surface area (Å²) in [6.45, 7) is 5.95. The monoisotopic (exact) mass is 340 g/mol. The molecule has 1 saturated heterocycles. The zero-order chi connectivity index (χ0) is 14.4. The molecule has 0 atom stereocenters. The molecule has 0 bridgehead atoms. The van der Waals surface area contributed by atoms with Crippen molar-refractivity contribution in [3.63, 3.8) is 0 Å². The van der Waals surface area contributed by atoms with Crippen LogP contribution in [0.4, 0.5) is 0 Å². The lowest BCUT2D eigenvalue weighted by Gasteiger charge is -2.34. The van der Waals surface area contributed by atoms with Crippen LogP contribution in [-0.4, -0.2) is 55.6 Å². The zero-order valence-electron chi connectivity index (χ0n) is 11.8. The van der Waals surface area contributed by atoms with Gasteiger partial charge in [0.1, 0.15) is 0 Å². The Balaban J connectivity index is 1.71. The molecule has 0 aliphatic carbocycles. The summed E-state index contributed by atoms with van der Waals surface area (Å²) in [5.74, 6) is -0.123. The van der Waals surface area contributed by atoms with Gasteiger partial charge in [0, 0.05) is 43.7 Å². The smallest absolute Gasteiger partial charge is 0.306 e. The second-order valence-electron chi connectivity index (χ2n) is 5.07. The van der Waals surface area contributed by atoms with E-state index in [9.17, 15) is 4.79 Å². The van der Waals surface area contributed by atoms with Gasteiger partial charge in [-0.25, -0.2) is 0 Å². The summed E-state index contributed by atoms with van der Waals surface area (Å²) >= 11 is 3.46. The molecule has 5 heteroatoms. The molecule has 1 fully saturated rings. The summed E-state index contributed by atoms with van der Waals surface area (Å²) in [4.78, 5) is 15.9. The highest BCUT2D eigenvalue weighted by Gasteiger charge is 2.17. The van der Waals surface area contributed by atoms with E-state index >= 15 is 0 Å². The van der Waals surface area contributed by atoms with Crippen molar-refractivity contribution < 1.29 is 9.53 Å². The Morgan fingerprint density at radius 3 is 2.35 bits per heavy atom. The van der Waals surface area contributed by atoms with Crippen molar-refractivity contribution in [2.24, 2.45) is 0 Å². The number of benzene rings is 1. The molecule has 0 N–H and O–H groups in total. The van der Waals surface area contributed by atoms with Gasteiger partial charge in [0.15, 0.2) is 0 Å². The lowest BCUT2D eigenvalue weighted by molar-refractivity contribution is -0.141. The van der Waals surface area contributed by atoms with E-state index in [-0.39, 0.29) is 5.97 Å². The van der Waals surface area contributed by atoms with Crippen LogP contribution >= 0.6 is 15.9 Å². The molecule has 0 spiro atoms. The van der Waals surface area contributed by atoms with Crippen LogP contribution < -0.4 is 0 Å². The molecule has 1 aliphatic heterocycles. The minimum absolute atomic E-state index is 0.123. The fraction of sp³-hybridized carbons (Fsp3) is 0.533. The first-order valence-corrected chi connectivity index (χ1v) is 7.72. The van der Waals surface area contributed by atoms with Gasteiger partial charge in [-0.15, -0.1) is 0 Å². The molecule has 110 valence electrons. The maximum Gasteiger partial charge on any atom is 0.306 e. The first-order valence-electron chi connectivity index (χ1n) is 6.93. The number of hydrogen-bond acceptors (Lipinski definition) is 4. The third-order valence-corrected chi connectivity index (χ3v) is 4.17. The zero-order valence-corrected chi connectivity index (χ0v) is 13.4. The van der Waals surface area contributed by atoms with Gasteiger partial charge in [0.2, 0.25) is 0 Å². The van der Waals surface area contributed by atoms with E-state index in [1.807, 2.05) is 0 Å². The van der Waals surface area contributed by atoms with Gasteiger partial charge >= 0.3 is 5.97 Å². The van der Waals surface area contributed by atoms with Gasteiger partial charge in [-0.05, 0) is 17.7 Å². The van der Waals surface area contributed by atoms with Crippen LogP contribution in [0, 0.1) is 0 Å². The van der Waals surface area contributed by atoms with Crippen molar-refractivity contribution in [3.05, 3.63) is 34.3 Å². The topological polar surface area (TPSA) is 32.8 Å². The molecule has 0 saturated carbocycles. The minimum atomic E-state index is -0.123. The first-order chi connectivity index (χ1) is 9.67. The number of halogens is 1. The van der Waals surface area contributed by atoms with Gasteiger partial charge in [0.05, 0.1) is 13.5 Å². The lowest BCUT2D eigenvalue weighted by atomic mass is 10.2. The second-order valence-corrected chi connectivity index (χ2v) is 5.99. The molecule has 2 rings (SSSR count). The number of methoxy groups -OCH3 is 1. The molecular weight excluding hydrogens is 320 g/mol. The van der Waals surface area contributed by atoms with Crippen molar-refractivity contribution >= 4 is 21.9 Å². The van der Waals surface area contributed by atoms with E-state index in [1.54, 1.807) is 0 Å². The minimum Gasteiger partial charge on any atom is -0.469 e. The largest absolute Gasteiger partial charge is 0.469 e. The standard InChI is InChI=1S/C15H21BrN2O2/c1-20-15(19)6-7-17-8-10-18(11-9-17)12-13-2-4-14(16)5-3-13/h2-5H,6-12H2,1H3. The normalized spacial score (nSPS) is 17.1. The number of nitrogens with zero attached hydrogens (tertiary/aromatic N) is 2. The quantitative estimate of drug-likeness (QED) is 0.769. The summed E-state index contributed by atoms with van der Waals surface area (Å²) in [6, 6.07) is 8.49. The molecule has 1 aliphatic rings. The van der Waals surface area contributed by atoms with Crippen LogP contribution in [-0.2, 0) is 16.1 Å². The summed E-state index contributed by atoms with van der Waals surface area (Å²) in [7, 11) is 1.44. The van der Waals surface area contributed by atoms with Crippen molar-refractivity contribution in [1.82, 2.24) is 9.80 Å². The van der Waals surface area contributed by atoms with Crippen LogP contribution in [0.25, 0.3) is 0 Å². The molecule has 1 aromatic carbocycles. The Morgan fingerprint density at radius 2 is 1.75 bits per heavy atom. The Morgan fingerprint density at radius 1 is 1.15 bits per heavy atom. The number of piperazine rings is 1. The predicted molar refractivity (Wildman–Crippen MR) is 82.5 cm³/mol. The highest BCUT2D eigenvalue weighted by Crippen LogP contribution is 2.13. The molecule has 4 nitrogen and oxygen atoms in total.